The SMILES string of the molecule is COc1ccc(OC(=O)c2ccc(Cl)s2)c([N+](=O)[O-])c1. The number of nitrogens with zero attached hydrogens (tertiary/aromatic N) is 1. The molecule has 0 aliphatic carbocycles. The van der Waals surface area contributed by atoms with Crippen molar-refractivity contribution in [1.29, 1.82) is 0 Å². The van der Waals surface area contributed by atoms with Crippen molar-refractivity contribution < 1.29 is 19.2 Å². The Balaban J connectivity index is 2.29. The van der Waals surface area contributed by atoms with Crippen molar-refractivity contribution in [1.82, 2.24) is 0 Å². The zero-order valence-corrected chi connectivity index (χ0v) is 11.7. The highest BCUT2D eigenvalue weighted by Crippen LogP contribution is 2.32. The van der Waals surface area contributed by atoms with Gasteiger partial charge in [0.1, 0.15) is 10.6 Å². The van der Waals surface area contributed by atoms with Crippen LogP contribution in [0.15, 0.2) is 30.3 Å². The minimum Gasteiger partial charge on any atom is -0.496 e. The summed E-state index contributed by atoms with van der Waals surface area (Å²) in [4.78, 5) is 22.4. The summed E-state index contributed by atoms with van der Waals surface area (Å²) in [6.07, 6.45) is 0. The van der Waals surface area contributed by atoms with E-state index < -0.39 is 10.9 Å². The van der Waals surface area contributed by atoms with Crippen molar-refractivity contribution in [2.75, 3.05) is 7.11 Å². The predicted molar refractivity (Wildman–Crippen MR) is 73.9 cm³/mol. The molecule has 0 amide bonds. The number of nitro groups is 1. The van der Waals surface area contributed by atoms with Crippen molar-refractivity contribution in [3.8, 4) is 11.5 Å². The highest BCUT2D eigenvalue weighted by Gasteiger charge is 2.20. The molecule has 0 saturated heterocycles. The second kappa shape index (κ2) is 5.89. The lowest BCUT2D eigenvalue weighted by Crippen LogP contribution is -2.08. The van der Waals surface area contributed by atoms with Crippen LogP contribution in [0.3, 0.4) is 0 Å². The molecule has 0 N–H and O–H groups in total. The van der Waals surface area contributed by atoms with E-state index in [9.17, 15) is 14.9 Å². The number of carbonyl (C=O) groups excluding carboxylic acids is 1. The van der Waals surface area contributed by atoms with Gasteiger partial charge in [0.2, 0.25) is 5.75 Å². The van der Waals surface area contributed by atoms with Gasteiger partial charge >= 0.3 is 11.7 Å². The summed E-state index contributed by atoms with van der Waals surface area (Å²) in [5, 5.41) is 11.0. The van der Waals surface area contributed by atoms with E-state index in [1.807, 2.05) is 0 Å². The van der Waals surface area contributed by atoms with Crippen LogP contribution in [0.2, 0.25) is 4.34 Å². The molecule has 0 aliphatic rings. The number of benzene rings is 1. The maximum atomic E-state index is 11.8. The van der Waals surface area contributed by atoms with Crippen LogP contribution in [0.5, 0.6) is 11.5 Å². The van der Waals surface area contributed by atoms with E-state index in [1.54, 1.807) is 6.07 Å². The number of ether oxygens (including phenoxy) is 2. The molecular weight excluding hydrogens is 306 g/mol. The number of nitro benzene ring substituents is 1. The lowest BCUT2D eigenvalue weighted by molar-refractivity contribution is -0.385. The number of thiophene rings is 1. The minimum atomic E-state index is -0.699. The number of esters is 1. The third-order valence-electron chi connectivity index (χ3n) is 2.34. The van der Waals surface area contributed by atoms with Crippen LogP contribution in [-0.2, 0) is 0 Å². The van der Waals surface area contributed by atoms with Crippen molar-refractivity contribution in [3.63, 3.8) is 0 Å². The molecule has 0 aliphatic heterocycles. The van der Waals surface area contributed by atoms with Crippen LogP contribution in [0.1, 0.15) is 9.67 Å². The quantitative estimate of drug-likeness (QED) is 0.373. The van der Waals surface area contributed by atoms with Gasteiger partial charge in [0.05, 0.1) is 22.4 Å². The number of hydrogen-bond acceptors (Lipinski definition) is 6. The minimum absolute atomic E-state index is 0.148. The molecule has 2 aromatic rings. The average Bonchev–Trinajstić information content (AvgIpc) is 2.85. The molecule has 1 heterocycles. The topological polar surface area (TPSA) is 78.7 Å². The van der Waals surface area contributed by atoms with E-state index in [1.165, 1.54) is 31.4 Å². The largest absolute Gasteiger partial charge is 0.496 e. The van der Waals surface area contributed by atoms with Gasteiger partial charge in [-0.3, -0.25) is 10.1 Å². The first kappa shape index (κ1) is 14.3. The fourth-order valence-corrected chi connectivity index (χ4v) is 2.35. The first-order valence-electron chi connectivity index (χ1n) is 5.31. The molecule has 0 bridgehead atoms. The zero-order valence-electron chi connectivity index (χ0n) is 10.2. The molecule has 0 atom stereocenters. The van der Waals surface area contributed by atoms with Crippen LogP contribution in [-0.4, -0.2) is 18.0 Å². The smallest absolute Gasteiger partial charge is 0.353 e. The molecule has 0 spiro atoms. The standard InChI is InChI=1S/C12H8ClNO5S/c1-18-7-2-3-9(8(6-7)14(16)17)19-12(15)10-4-5-11(13)20-10/h2-6H,1H3. The maximum Gasteiger partial charge on any atom is 0.353 e. The fourth-order valence-electron chi connectivity index (χ4n) is 1.43. The van der Waals surface area contributed by atoms with Crippen molar-refractivity contribution in [2.24, 2.45) is 0 Å². The Morgan fingerprint density at radius 1 is 1.35 bits per heavy atom. The van der Waals surface area contributed by atoms with Crippen LogP contribution in [0, 0.1) is 10.1 Å². The molecule has 104 valence electrons. The third-order valence-corrected chi connectivity index (χ3v) is 3.55. The first-order chi connectivity index (χ1) is 9.51. The Kier molecular flexibility index (Phi) is 4.21. The number of halogens is 1. The van der Waals surface area contributed by atoms with Gasteiger partial charge in [-0.15, -0.1) is 11.3 Å². The Morgan fingerprint density at radius 2 is 2.10 bits per heavy atom. The highest BCUT2D eigenvalue weighted by molar-refractivity contribution is 7.17. The molecule has 0 fully saturated rings. The molecule has 2 rings (SSSR count). The van der Waals surface area contributed by atoms with Gasteiger partial charge < -0.3 is 9.47 Å². The summed E-state index contributed by atoms with van der Waals surface area (Å²) < 4.78 is 10.3. The number of carbonyl (C=O) groups is 1. The number of rotatable bonds is 4. The molecule has 0 saturated carbocycles. The van der Waals surface area contributed by atoms with Gasteiger partial charge in [0.15, 0.2) is 0 Å². The van der Waals surface area contributed by atoms with E-state index in [0.29, 0.717) is 10.1 Å². The maximum absolute atomic E-state index is 11.8. The first-order valence-corrected chi connectivity index (χ1v) is 6.50. The van der Waals surface area contributed by atoms with Gasteiger partial charge in [-0.05, 0) is 24.3 Å². The normalized spacial score (nSPS) is 10.1. The van der Waals surface area contributed by atoms with Gasteiger partial charge in [0.25, 0.3) is 0 Å². The van der Waals surface area contributed by atoms with Crippen LogP contribution in [0.25, 0.3) is 0 Å². The molecular formula is C12H8ClNO5S. The number of hydrogen-bond donors (Lipinski definition) is 0. The second-order valence-electron chi connectivity index (χ2n) is 3.58. The van der Waals surface area contributed by atoms with Crippen molar-refractivity contribution >= 4 is 34.6 Å². The molecule has 0 radical (unpaired) electrons. The van der Waals surface area contributed by atoms with E-state index in [2.05, 4.69) is 0 Å². The molecule has 6 nitrogen and oxygen atoms in total. The van der Waals surface area contributed by atoms with Crippen LogP contribution < -0.4 is 9.47 Å². The Morgan fingerprint density at radius 3 is 2.65 bits per heavy atom. The second-order valence-corrected chi connectivity index (χ2v) is 5.30. The predicted octanol–water partition coefficient (Wildman–Crippen LogP) is 3.54. The molecule has 1 aromatic carbocycles. The van der Waals surface area contributed by atoms with E-state index >= 15 is 0 Å². The van der Waals surface area contributed by atoms with E-state index in [4.69, 9.17) is 21.1 Å². The summed E-state index contributed by atoms with van der Waals surface area (Å²) in [6, 6.07) is 7.00. The summed E-state index contributed by atoms with van der Waals surface area (Å²) in [6.45, 7) is 0. The van der Waals surface area contributed by atoms with Crippen molar-refractivity contribution in [2.45, 2.75) is 0 Å². The van der Waals surface area contributed by atoms with Crippen molar-refractivity contribution in [3.05, 3.63) is 49.7 Å². The van der Waals surface area contributed by atoms with Gasteiger partial charge in [0, 0.05) is 0 Å². The Labute approximate surface area is 122 Å². The summed E-state index contributed by atoms with van der Waals surface area (Å²) in [5.74, 6) is -0.545. The van der Waals surface area contributed by atoms with Gasteiger partial charge in [-0.2, -0.15) is 0 Å². The van der Waals surface area contributed by atoms with Crippen LogP contribution >= 0.6 is 22.9 Å². The molecule has 8 heteroatoms. The highest BCUT2D eigenvalue weighted by atomic mass is 35.5. The van der Waals surface area contributed by atoms with Gasteiger partial charge in [-0.1, -0.05) is 11.6 Å². The summed E-state index contributed by atoms with van der Waals surface area (Å²) in [7, 11) is 1.39. The van der Waals surface area contributed by atoms with Crippen LogP contribution in [0.4, 0.5) is 5.69 Å². The molecule has 20 heavy (non-hydrogen) atoms. The monoisotopic (exact) mass is 313 g/mol. The zero-order chi connectivity index (χ0) is 14.7. The molecule has 0 unspecified atom stereocenters. The third kappa shape index (κ3) is 3.06. The average molecular weight is 314 g/mol. The summed E-state index contributed by atoms with van der Waals surface area (Å²) in [5.41, 5.74) is -0.347. The van der Waals surface area contributed by atoms with Gasteiger partial charge in [-0.25, -0.2) is 4.79 Å². The Hall–Kier alpha value is -2.12. The van der Waals surface area contributed by atoms with E-state index in [0.717, 1.165) is 11.3 Å². The van der Waals surface area contributed by atoms with E-state index in [-0.39, 0.29) is 16.3 Å². The lowest BCUT2D eigenvalue weighted by Gasteiger charge is -2.05. The summed E-state index contributed by atoms with van der Waals surface area (Å²) >= 11 is 6.75. The number of methoxy groups -OCH3 is 1. The molecule has 1 aromatic heterocycles. The fraction of sp³-hybridized carbons (Fsp3) is 0.0833. The Bertz CT molecular complexity index is 670. The lowest BCUT2D eigenvalue weighted by atomic mass is 10.3.